The summed E-state index contributed by atoms with van der Waals surface area (Å²) < 4.78 is 13.3. The highest BCUT2D eigenvalue weighted by molar-refractivity contribution is 9.10. The Kier molecular flexibility index (Phi) is 10.2. The fourth-order valence-electron chi connectivity index (χ4n) is 6.14. The van der Waals surface area contributed by atoms with Gasteiger partial charge in [-0.3, -0.25) is 10.2 Å². The van der Waals surface area contributed by atoms with Crippen LogP contribution in [0.5, 0.6) is 5.75 Å². The maximum Gasteiger partial charge on any atom is 0.266 e. The fourth-order valence-corrected chi connectivity index (χ4v) is 6.40. The number of amides is 1. The van der Waals surface area contributed by atoms with Gasteiger partial charge in [-0.1, -0.05) is 81.7 Å². The largest absolute Gasteiger partial charge is 0.494 e. The van der Waals surface area contributed by atoms with Gasteiger partial charge in [-0.2, -0.15) is 0 Å². The van der Waals surface area contributed by atoms with Gasteiger partial charge in [0, 0.05) is 40.4 Å². The van der Waals surface area contributed by atoms with Gasteiger partial charge in [0.25, 0.3) is 5.91 Å². The molecule has 6 rings (SSSR count). The number of aliphatic hydroxyl groups is 1. The van der Waals surface area contributed by atoms with Crippen LogP contribution in [0.2, 0.25) is 0 Å². The Labute approximate surface area is 281 Å². The van der Waals surface area contributed by atoms with Gasteiger partial charge in [-0.05, 0) is 82.6 Å². The first-order chi connectivity index (χ1) is 23.0. The second kappa shape index (κ2) is 14.8. The van der Waals surface area contributed by atoms with Crippen molar-refractivity contribution in [3.8, 4) is 5.75 Å². The third-order valence-electron chi connectivity index (χ3n) is 8.53. The van der Waals surface area contributed by atoms with Crippen LogP contribution in [0, 0.1) is 0 Å². The van der Waals surface area contributed by atoms with E-state index >= 15 is 0 Å². The number of carbonyl (C=O) groups is 1. The highest BCUT2D eigenvalue weighted by atomic mass is 79.9. The molecule has 0 bridgehead atoms. The van der Waals surface area contributed by atoms with E-state index in [1.54, 1.807) is 0 Å². The zero-order valence-corrected chi connectivity index (χ0v) is 27.3. The zero-order chi connectivity index (χ0) is 32.6. The van der Waals surface area contributed by atoms with Crippen molar-refractivity contribution in [3.05, 3.63) is 145 Å². The third kappa shape index (κ3) is 7.34. The number of aliphatic hydroxyl groups excluding tert-OH is 1. The second-order valence-corrected chi connectivity index (χ2v) is 12.6. The Bertz CT molecular complexity index is 1770. The summed E-state index contributed by atoms with van der Waals surface area (Å²) in [5.74, 6) is 0.651. The number of rotatable bonds is 13. The molecule has 0 saturated carbocycles. The van der Waals surface area contributed by atoms with E-state index in [1.807, 2.05) is 84.9 Å². The van der Waals surface area contributed by atoms with Crippen molar-refractivity contribution >= 4 is 27.7 Å². The van der Waals surface area contributed by atoms with Gasteiger partial charge in [0.1, 0.15) is 5.75 Å². The number of nitrogens with zero attached hydrogens (tertiary/aromatic N) is 4. The summed E-state index contributed by atoms with van der Waals surface area (Å²) in [6.07, 6.45) is 1.54. The maximum absolute atomic E-state index is 14.7. The van der Waals surface area contributed by atoms with E-state index in [1.165, 1.54) is 11.1 Å². The first kappa shape index (κ1) is 32.3. The average molecular weight is 696 g/mol. The van der Waals surface area contributed by atoms with E-state index in [0.29, 0.717) is 30.2 Å². The molecule has 2 atom stereocenters. The summed E-state index contributed by atoms with van der Waals surface area (Å²) in [5.41, 5.74) is 19.6. The van der Waals surface area contributed by atoms with Crippen LogP contribution in [0.15, 0.2) is 112 Å². The predicted octanol–water partition coefficient (Wildman–Crippen LogP) is 6.31. The molecule has 0 unspecified atom stereocenters. The Hall–Kier alpha value is -4.67. The number of carbonyl (C=O) groups excluding carboxylic acids is 1. The molecular formula is C36H35BrN6O4. The van der Waals surface area contributed by atoms with E-state index in [9.17, 15) is 4.79 Å². The topological polar surface area (TPSA) is 141 Å². The second-order valence-electron chi connectivity index (χ2n) is 11.6. The van der Waals surface area contributed by atoms with Crippen LogP contribution in [0.1, 0.15) is 45.9 Å². The Balaban J connectivity index is 1.38. The Morgan fingerprint density at radius 1 is 1.00 bits per heavy atom. The molecule has 3 N–H and O–H groups in total. The number of benzene rings is 4. The molecule has 1 aliphatic heterocycles. The summed E-state index contributed by atoms with van der Waals surface area (Å²) in [6, 6.07) is 31.0. The van der Waals surface area contributed by atoms with Crippen molar-refractivity contribution in [2.45, 2.75) is 49.9 Å². The molecular weight excluding hydrogens is 660 g/mol. The van der Waals surface area contributed by atoms with Crippen molar-refractivity contribution in [1.82, 2.24) is 10.9 Å². The van der Waals surface area contributed by atoms with Crippen molar-refractivity contribution in [2.75, 3.05) is 13.2 Å². The molecule has 240 valence electrons. The van der Waals surface area contributed by atoms with E-state index in [4.69, 9.17) is 25.1 Å². The molecule has 0 saturated heterocycles. The number of hydrogen-bond donors (Lipinski definition) is 3. The van der Waals surface area contributed by atoms with Crippen molar-refractivity contribution in [2.24, 2.45) is 10.1 Å². The van der Waals surface area contributed by atoms with Crippen molar-refractivity contribution in [1.29, 1.82) is 0 Å². The zero-order valence-electron chi connectivity index (χ0n) is 25.7. The van der Waals surface area contributed by atoms with Crippen LogP contribution < -0.4 is 15.6 Å². The number of hydrazine groups is 1. The number of azide groups is 1. The molecule has 47 heavy (non-hydrogen) atoms. The summed E-state index contributed by atoms with van der Waals surface area (Å²) in [7, 11) is 0. The molecule has 0 radical (unpaired) electrons. The van der Waals surface area contributed by atoms with Crippen molar-refractivity contribution < 1.29 is 19.4 Å². The van der Waals surface area contributed by atoms with Crippen LogP contribution >= 0.6 is 15.9 Å². The molecule has 4 aromatic rings. The maximum atomic E-state index is 14.7. The summed E-state index contributed by atoms with van der Waals surface area (Å²) in [6.45, 7) is 0.594. The van der Waals surface area contributed by atoms with Gasteiger partial charge in [0.05, 0.1) is 13.2 Å². The highest BCUT2D eigenvalue weighted by Crippen LogP contribution is 2.43. The first-order valence-corrected chi connectivity index (χ1v) is 16.3. The quantitative estimate of drug-likeness (QED) is 0.0495. The normalized spacial score (nSPS) is 18.5. The Morgan fingerprint density at radius 3 is 2.36 bits per heavy atom. The SMILES string of the molecule is [N-]=[N+]=NCc1ccccc1C[C@]1(C(=O)NNC2Cc3ccccc3C2)N=C(c2ccc(OCCCO)cc2)O[C@H]1c1ccc(Br)cc1. The number of hydrogen-bond acceptors (Lipinski definition) is 7. The highest BCUT2D eigenvalue weighted by Gasteiger charge is 2.53. The summed E-state index contributed by atoms with van der Waals surface area (Å²) in [5, 5.41) is 12.9. The Morgan fingerprint density at radius 2 is 1.68 bits per heavy atom. The lowest BCUT2D eigenvalue weighted by Crippen LogP contribution is -2.56. The van der Waals surface area contributed by atoms with Gasteiger partial charge in [0.15, 0.2) is 11.6 Å². The van der Waals surface area contributed by atoms with Crippen molar-refractivity contribution in [3.63, 3.8) is 0 Å². The van der Waals surface area contributed by atoms with E-state index in [-0.39, 0.29) is 31.5 Å². The third-order valence-corrected chi connectivity index (χ3v) is 9.05. The molecule has 10 nitrogen and oxygen atoms in total. The van der Waals surface area contributed by atoms with Crippen LogP contribution in [-0.2, 0) is 35.3 Å². The summed E-state index contributed by atoms with van der Waals surface area (Å²) in [4.78, 5) is 22.7. The van der Waals surface area contributed by atoms with Gasteiger partial charge >= 0.3 is 0 Å². The molecule has 2 aliphatic rings. The minimum atomic E-state index is -1.43. The van der Waals surface area contributed by atoms with Gasteiger partial charge in [0.2, 0.25) is 5.90 Å². The van der Waals surface area contributed by atoms with Crippen LogP contribution in [-0.4, -0.2) is 41.7 Å². The van der Waals surface area contributed by atoms with E-state index in [2.05, 4.69) is 48.9 Å². The van der Waals surface area contributed by atoms with E-state index < -0.39 is 11.6 Å². The lowest BCUT2D eigenvalue weighted by molar-refractivity contribution is -0.130. The van der Waals surface area contributed by atoms with Crippen LogP contribution in [0.25, 0.3) is 10.4 Å². The molecule has 4 aromatic carbocycles. The molecule has 0 aromatic heterocycles. The molecule has 1 amide bonds. The lowest BCUT2D eigenvalue weighted by atomic mass is 9.81. The first-order valence-electron chi connectivity index (χ1n) is 15.6. The van der Waals surface area contributed by atoms with Gasteiger partial charge in [-0.15, -0.1) is 0 Å². The number of aliphatic imine (C=N–C) groups is 1. The van der Waals surface area contributed by atoms with Crippen LogP contribution in [0.4, 0.5) is 0 Å². The number of nitrogens with one attached hydrogen (secondary N) is 2. The minimum Gasteiger partial charge on any atom is -0.494 e. The fraction of sp³-hybridized carbons (Fsp3) is 0.278. The summed E-state index contributed by atoms with van der Waals surface area (Å²) >= 11 is 3.53. The molecule has 0 spiro atoms. The van der Waals surface area contributed by atoms with Gasteiger partial charge in [-0.25, -0.2) is 10.4 Å². The molecule has 1 heterocycles. The monoisotopic (exact) mass is 694 g/mol. The van der Waals surface area contributed by atoms with Gasteiger partial charge < -0.3 is 14.6 Å². The standard InChI is InChI=1S/C36H35BrN6O4/c37-30-14-10-24(11-15-30)33-36(22-28-8-3-4-9-29(28)23-39-43-38,35(45)42-41-31-20-26-6-1-2-7-27(26)21-31)40-34(47-33)25-12-16-32(17-13-25)46-19-5-18-44/h1-4,6-17,31,33,41,44H,5,18-23H2,(H,42,45)/t33-,36-/m0/s1. The lowest BCUT2D eigenvalue weighted by Gasteiger charge is -2.32. The average Bonchev–Trinajstić information content (AvgIpc) is 3.70. The van der Waals surface area contributed by atoms with Crippen LogP contribution in [0.3, 0.4) is 0 Å². The molecule has 1 aliphatic carbocycles. The molecule has 11 heteroatoms. The smallest absolute Gasteiger partial charge is 0.266 e. The number of halogens is 1. The molecule has 0 fully saturated rings. The predicted molar refractivity (Wildman–Crippen MR) is 183 cm³/mol. The van der Waals surface area contributed by atoms with E-state index in [0.717, 1.165) is 34.0 Å². The number of fused-ring (bicyclic) bond motifs is 1. The number of ether oxygens (including phenoxy) is 2. The minimum absolute atomic E-state index is 0.0286.